The third-order valence-electron chi connectivity index (χ3n) is 4.69. The number of aryl methyl sites for hydroxylation is 1. The van der Waals surface area contributed by atoms with Crippen LogP contribution in [0.1, 0.15) is 17.8 Å². The van der Waals surface area contributed by atoms with Crippen LogP contribution >= 0.6 is 11.6 Å². The third kappa shape index (κ3) is 2.87. The van der Waals surface area contributed by atoms with Crippen LogP contribution in [0.3, 0.4) is 0 Å². The molecule has 3 rings (SSSR count). The van der Waals surface area contributed by atoms with E-state index in [1.165, 1.54) is 0 Å². The summed E-state index contributed by atoms with van der Waals surface area (Å²) in [6.07, 6.45) is 1.15. The van der Waals surface area contributed by atoms with Gasteiger partial charge in [0.05, 0.1) is 35.2 Å². The van der Waals surface area contributed by atoms with Crippen LogP contribution in [-0.2, 0) is 16.1 Å². The standard InChI is InChI=1S/C15H23ClN4O2/c1-10-15(16)11(2)20(17-10)9-14(21)19-6-7-22-13-4-5-18(3)8-12(13)19/h12-13H,4-9H2,1-3H3/t12-,13+/m0/s1. The largest absolute Gasteiger partial charge is 0.374 e. The molecule has 122 valence electrons. The van der Waals surface area contributed by atoms with Gasteiger partial charge in [-0.2, -0.15) is 5.10 Å². The number of likely N-dealkylation sites (tertiary alicyclic amines) is 1. The molecule has 1 amide bonds. The maximum atomic E-state index is 12.7. The Bertz CT molecular complexity index is 574. The van der Waals surface area contributed by atoms with Gasteiger partial charge in [-0.1, -0.05) is 11.6 Å². The van der Waals surface area contributed by atoms with E-state index in [1.807, 2.05) is 18.7 Å². The highest BCUT2D eigenvalue weighted by Gasteiger charge is 2.38. The lowest BCUT2D eigenvalue weighted by Crippen LogP contribution is -2.61. The molecule has 1 aromatic rings. The summed E-state index contributed by atoms with van der Waals surface area (Å²) in [5.74, 6) is 0.0934. The number of amides is 1. The van der Waals surface area contributed by atoms with Gasteiger partial charge in [0.1, 0.15) is 6.54 Å². The monoisotopic (exact) mass is 326 g/mol. The molecule has 0 saturated carbocycles. The van der Waals surface area contributed by atoms with Crippen molar-refractivity contribution in [2.24, 2.45) is 0 Å². The highest BCUT2D eigenvalue weighted by Crippen LogP contribution is 2.24. The van der Waals surface area contributed by atoms with Crippen LogP contribution in [-0.4, -0.2) is 70.9 Å². The van der Waals surface area contributed by atoms with Gasteiger partial charge in [-0.3, -0.25) is 9.48 Å². The Morgan fingerprint density at radius 1 is 1.41 bits per heavy atom. The van der Waals surface area contributed by atoms with E-state index in [9.17, 15) is 4.79 Å². The molecule has 22 heavy (non-hydrogen) atoms. The first kappa shape index (κ1) is 15.8. The molecular weight excluding hydrogens is 304 g/mol. The van der Waals surface area contributed by atoms with Crippen molar-refractivity contribution in [1.82, 2.24) is 19.6 Å². The van der Waals surface area contributed by atoms with E-state index in [2.05, 4.69) is 17.0 Å². The summed E-state index contributed by atoms with van der Waals surface area (Å²) < 4.78 is 7.55. The zero-order valence-electron chi connectivity index (χ0n) is 13.4. The summed E-state index contributed by atoms with van der Waals surface area (Å²) in [6.45, 7) is 7.16. The van der Waals surface area contributed by atoms with E-state index >= 15 is 0 Å². The molecule has 2 aliphatic heterocycles. The smallest absolute Gasteiger partial charge is 0.244 e. The lowest BCUT2D eigenvalue weighted by Gasteiger charge is -2.46. The highest BCUT2D eigenvalue weighted by molar-refractivity contribution is 6.31. The molecule has 1 aromatic heterocycles. The number of piperidine rings is 1. The van der Waals surface area contributed by atoms with Crippen LogP contribution < -0.4 is 0 Å². The number of aromatic nitrogens is 2. The molecule has 0 bridgehead atoms. The van der Waals surface area contributed by atoms with Crippen LogP contribution in [0.5, 0.6) is 0 Å². The Labute approximate surface area is 136 Å². The van der Waals surface area contributed by atoms with Gasteiger partial charge in [0.2, 0.25) is 5.91 Å². The molecule has 0 aliphatic carbocycles. The molecular formula is C15H23ClN4O2. The van der Waals surface area contributed by atoms with Crippen molar-refractivity contribution < 1.29 is 9.53 Å². The quantitative estimate of drug-likeness (QED) is 0.816. The Morgan fingerprint density at radius 3 is 2.86 bits per heavy atom. The number of hydrogen-bond acceptors (Lipinski definition) is 4. The zero-order chi connectivity index (χ0) is 15.9. The Hall–Kier alpha value is -1.11. The summed E-state index contributed by atoms with van der Waals surface area (Å²) in [6, 6.07) is 0.146. The molecule has 2 saturated heterocycles. The summed E-state index contributed by atoms with van der Waals surface area (Å²) in [4.78, 5) is 17.0. The molecule has 0 radical (unpaired) electrons. The van der Waals surface area contributed by atoms with Gasteiger partial charge in [-0.05, 0) is 27.3 Å². The molecule has 0 unspecified atom stereocenters. The molecule has 7 heteroatoms. The molecule has 0 N–H and O–H groups in total. The fraction of sp³-hybridized carbons (Fsp3) is 0.733. The van der Waals surface area contributed by atoms with Gasteiger partial charge in [0, 0.05) is 19.6 Å². The van der Waals surface area contributed by atoms with E-state index in [0.29, 0.717) is 18.2 Å². The summed E-state index contributed by atoms with van der Waals surface area (Å²) in [5.41, 5.74) is 1.61. The second kappa shape index (κ2) is 6.18. The molecule has 2 fully saturated rings. The predicted molar refractivity (Wildman–Crippen MR) is 84.1 cm³/mol. The van der Waals surface area contributed by atoms with Crippen LogP contribution in [0, 0.1) is 13.8 Å². The van der Waals surface area contributed by atoms with Gasteiger partial charge in [-0.15, -0.1) is 0 Å². The van der Waals surface area contributed by atoms with Crippen molar-refractivity contribution in [3.8, 4) is 0 Å². The van der Waals surface area contributed by atoms with Crippen molar-refractivity contribution in [2.75, 3.05) is 33.3 Å². The first-order chi connectivity index (χ1) is 10.5. The minimum absolute atomic E-state index is 0.0934. The fourth-order valence-electron chi connectivity index (χ4n) is 3.39. The van der Waals surface area contributed by atoms with E-state index in [1.54, 1.807) is 4.68 Å². The second-order valence-electron chi connectivity index (χ2n) is 6.26. The normalized spacial score (nSPS) is 26.1. The number of likely N-dealkylation sites (N-methyl/N-ethyl adjacent to an activating group) is 1. The topological polar surface area (TPSA) is 50.6 Å². The second-order valence-corrected chi connectivity index (χ2v) is 6.64. The van der Waals surface area contributed by atoms with Gasteiger partial charge < -0.3 is 14.5 Å². The Morgan fingerprint density at radius 2 is 2.18 bits per heavy atom. The average Bonchev–Trinajstić information content (AvgIpc) is 2.73. The van der Waals surface area contributed by atoms with E-state index in [4.69, 9.17) is 16.3 Å². The maximum Gasteiger partial charge on any atom is 0.244 e. The van der Waals surface area contributed by atoms with E-state index < -0.39 is 0 Å². The number of carbonyl (C=O) groups is 1. The Kier molecular flexibility index (Phi) is 4.43. The molecule has 2 atom stereocenters. The van der Waals surface area contributed by atoms with Gasteiger partial charge in [0.15, 0.2) is 0 Å². The Balaban J connectivity index is 1.74. The summed E-state index contributed by atoms with van der Waals surface area (Å²) >= 11 is 6.16. The number of ether oxygens (including phenoxy) is 1. The fourth-order valence-corrected chi connectivity index (χ4v) is 3.52. The summed E-state index contributed by atoms with van der Waals surface area (Å²) in [7, 11) is 2.09. The number of carbonyl (C=O) groups excluding carboxylic acids is 1. The number of nitrogens with zero attached hydrogens (tertiary/aromatic N) is 4. The molecule has 2 aliphatic rings. The van der Waals surface area contributed by atoms with Crippen molar-refractivity contribution >= 4 is 17.5 Å². The first-order valence-electron chi connectivity index (χ1n) is 7.76. The number of morpholine rings is 1. The van der Waals surface area contributed by atoms with Crippen molar-refractivity contribution in [2.45, 2.75) is 39.0 Å². The van der Waals surface area contributed by atoms with Gasteiger partial charge >= 0.3 is 0 Å². The number of halogens is 1. The minimum atomic E-state index is 0.0934. The summed E-state index contributed by atoms with van der Waals surface area (Å²) in [5, 5.41) is 5.00. The average molecular weight is 327 g/mol. The van der Waals surface area contributed by atoms with Crippen molar-refractivity contribution in [3.05, 3.63) is 16.4 Å². The zero-order valence-corrected chi connectivity index (χ0v) is 14.1. The van der Waals surface area contributed by atoms with Gasteiger partial charge in [-0.25, -0.2) is 0 Å². The van der Waals surface area contributed by atoms with Crippen molar-refractivity contribution in [1.29, 1.82) is 0 Å². The number of hydrogen-bond donors (Lipinski definition) is 0. The minimum Gasteiger partial charge on any atom is -0.374 e. The van der Waals surface area contributed by atoms with E-state index in [0.717, 1.165) is 30.9 Å². The number of fused-ring (bicyclic) bond motifs is 1. The molecule has 6 nitrogen and oxygen atoms in total. The third-order valence-corrected chi connectivity index (χ3v) is 5.23. The predicted octanol–water partition coefficient (Wildman–Crippen LogP) is 1.08. The van der Waals surface area contributed by atoms with Crippen molar-refractivity contribution in [3.63, 3.8) is 0 Å². The lowest BCUT2D eigenvalue weighted by molar-refractivity contribution is -0.152. The lowest BCUT2D eigenvalue weighted by atomic mass is 9.99. The number of rotatable bonds is 2. The SMILES string of the molecule is Cc1nn(CC(=O)N2CCO[C@@H]3CCN(C)C[C@@H]32)c(C)c1Cl. The van der Waals surface area contributed by atoms with Crippen LogP contribution in [0.25, 0.3) is 0 Å². The van der Waals surface area contributed by atoms with Crippen LogP contribution in [0.4, 0.5) is 0 Å². The van der Waals surface area contributed by atoms with Gasteiger partial charge in [0.25, 0.3) is 0 Å². The van der Waals surface area contributed by atoms with Crippen LogP contribution in [0.2, 0.25) is 5.02 Å². The maximum absolute atomic E-state index is 12.7. The van der Waals surface area contributed by atoms with E-state index in [-0.39, 0.29) is 24.6 Å². The molecule has 3 heterocycles. The highest BCUT2D eigenvalue weighted by atomic mass is 35.5. The van der Waals surface area contributed by atoms with Crippen LogP contribution in [0.15, 0.2) is 0 Å². The molecule has 0 spiro atoms. The first-order valence-corrected chi connectivity index (χ1v) is 8.14. The molecule has 0 aromatic carbocycles.